The Labute approximate surface area is 127 Å². The highest BCUT2D eigenvalue weighted by Crippen LogP contribution is 2.14. The molecule has 1 unspecified atom stereocenters. The van der Waals surface area contributed by atoms with Gasteiger partial charge >= 0.3 is 5.97 Å². The fourth-order valence-corrected chi connectivity index (χ4v) is 1.99. The zero-order chi connectivity index (χ0) is 15.5. The van der Waals surface area contributed by atoms with E-state index in [2.05, 4.69) is 6.92 Å². The molecule has 1 heterocycles. The fraction of sp³-hybridized carbons (Fsp3) is 0.588. The van der Waals surface area contributed by atoms with Gasteiger partial charge < -0.3 is 14.2 Å². The number of carbonyl (C=O) groups excluding carboxylic acids is 1. The van der Waals surface area contributed by atoms with Gasteiger partial charge in [0.1, 0.15) is 5.75 Å². The second-order valence-corrected chi connectivity index (χ2v) is 4.91. The van der Waals surface area contributed by atoms with Crippen LogP contribution < -0.4 is 4.74 Å². The van der Waals surface area contributed by atoms with E-state index in [1.54, 1.807) is 31.4 Å². The summed E-state index contributed by atoms with van der Waals surface area (Å²) in [6, 6.07) is 6.93. The van der Waals surface area contributed by atoms with Gasteiger partial charge in [-0.2, -0.15) is 0 Å². The number of hydrogen-bond donors (Lipinski definition) is 0. The summed E-state index contributed by atoms with van der Waals surface area (Å²) in [5, 5.41) is 0. The van der Waals surface area contributed by atoms with E-state index in [9.17, 15) is 4.79 Å². The van der Waals surface area contributed by atoms with E-state index in [1.165, 1.54) is 19.3 Å². The van der Waals surface area contributed by atoms with Gasteiger partial charge in [-0.05, 0) is 43.9 Å². The molecular weight excluding hydrogens is 268 g/mol. The van der Waals surface area contributed by atoms with Crippen LogP contribution in [0.4, 0.5) is 0 Å². The number of hydrogen-bond acceptors (Lipinski definition) is 4. The van der Waals surface area contributed by atoms with Gasteiger partial charge in [0.2, 0.25) is 0 Å². The first-order valence-corrected chi connectivity index (χ1v) is 7.64. The number of carbonyl (C=O) groups is 1. The normalized spacial score (nSPS) is 16.8. The molecule has 118 valence electrons. The van der Waals surface area contributed by atoms with E-state index in [0.717, 1.165) is 13.0 Å². The maximum Gasteiger partial charge on any atom is 0.338 e. The summed E-state index contributed by atoms with van der Waals surface area (Å²) in [7, 11) is 1.57. The number of rotatable bonds is 5. The molecule has 21 heavy (non-hydrogen) atoms. The van der Waals surface area contributed by atoms with Crippen molar-refractivity contribution >= 4 is 5.97 Å². The molecule has 0 bridgehead atoms. The second-order valence-electron chi connectivity index (χ2n) is 4.91. The van der Waals surface area contributed by atoms with Crippen LogP contribution in [0.25, 0.3) is 0 Å². The van der Waals surface area contributed by atoms with Crippen molar-refractivity contribution in [3.05, 3.63) is 29.8 Å². The molecule has 1 aliphatic heterocycles. The van der Waals surface area contributed by atoms with Crippen LogP contribution in [0.3, 0.4) is 0 Å². The summed E-state index contributed by atoms with van der Waals surface area (Å²) in [4.78, 5) is 11.4. The van der Waals surface area contributed by atoms with Gasteiger partial charge in [-0.25, -0.2) is 4.79 Å². The zero-order valence-electron chi connectivity index (χ0n) is 13.3. The molecule has 0 radical (unpaired) electrons. The van der Waals surface area contributed by atoms with Gasteiger partial charge in [0.25, 0.3) is 0 Å². The Morgan fingerprint density at radius 2 is 2.19 bits per heavy atom. The topological polar surface area (TPSA) is 44.8 Å². The minimum absolute atomic E-state index is 0.300. The molecule has 0 N–H and O–H groups in total. The average Bonchev–Trinajstić information content (AvgIpc) is 3.07. The maximum absolute atomic E-state index is 11.4. The SMILES string of the molecule is CCC1CCCO1.CCCOC(=O)c1cccc(OC)c1. The Balaban J connectivity index is 0.000000262. The molecule has 1 saturated heterocycles. The Kier molecular flexibility index (Phi) is 8.51. The number of ether oxygens (including phenoxy) is 3. The van der Waals surface area contributed by atoms with Gasteiger partial charge in [0.15, 0.2) is 0 Å². The number of methoxy groups -OCH3 is 1. The lowest BCUT2D eigenvalue weighted by Crippen LogP contribution is -2.05. The van der Waals surface area contributed by atoms with Crippen molar-refractivity contribution in [2.45, 2.75) is 45.6 Å². The Hall–Kier alpha value is -1.55. The molecule has 4 nitrogen and oxygen atoms in total. The molecular formula is C17H26O4. The van der Waals surface area contributed by atoms with Gasteiger partial charge in [0, 0.05) is 6.61 Å². The highest BCUT2D eigenvalue weighted by Gasteiger charge is 2.11. The average molecular weight is 294 g/mol. The van der Waals surface area contributed by atoms with Crippen LogP contribution in [0.5, 0.6) is 5.75 Å². The Bertz CT molecular complexity index is 411. The van der Waals surface area contributed by atoms with Gasteiger partial charge in [-0.15, -0.1) is 0 Å². The molecule has 0 saturated carbocycles. The first-order valence-electron chi connectivity index (χ1n) is 7.64. The Morgan fingerprint density at radius 3 is 2.71 bits per heavy atom. The van der Waals surface area contributed by atoms with Crippen molar-refractivity contribution in [3.63, 3.8) is 0 Å². The molecule has 1 aliphatic rings. The molecule has 2 rings (SSSR count). The predicted octanol–water partition coefficient (Wildman–Crippen LogP) is 3.84. The lowest BCUT2D eigenvalue weighted by atomic mass is 10.2. The molecule has 0 spiro atoms. The summed E-state index contributed by atoms with van der Waals surface area (Å²) in [5.74, 6) is 0.363. The predicted molar refractivity (Wildman–Crippen MR) is 82.8 cm³/mol. The third-order valence-electron chi connectivity index (χ3n) is 3.22. The highest BCUT2D eigenvalue weighted by molar-refractivity contribution is 5.89. The number of benzene rings is 1. The van der Waals surface area contributed by atoms with Gasteiger partial charge in [0.05, 0.1) is 25.4 Å². The van der Waals surface area contributed by atoms with Crippen molar-refractivity contribution in [1.82, 2.24) is 0 Å². The number of esters is 1. The standard InChI is InChI=1S/C11H14O3.C6H12O/c1-3-7-14-11(12)9-5-4-6-10(8-9)13-2;1-2-6-4-3-5-7-6/h4-6,8H,3,7H2,1-2H3;6H,2-5H2,1H3. The van der Waals surface area contributed by atoms with Gasteiger partial charge in [-0.3, -0.25) is 0 Å². The third kappa shape index (κ3) is 6.63. The third-order valence-corrected chi connectivity index (χ3v) is 3.22. The minimum atomic E-state index is -0.300. The highest BCUT2D eigenvalue weighted by atomic mass is 16.5. The van der Waals surface area contributed by atoms with Crippen molar-refractivity contribution in [2.75, 3.05) is 20.3 Å². The summed E-state index contributed by atoms with van der Waals surface area (Å²) < 4.78 is 15.3. The summed E-state index contributed by atoms with van der Waals surface area (Å²) in [6.07, 6.45) is 5.19. The van der Waals surface area contributed by atoms with E-state index in [-0.39, 0.29) is 5.97 Å². The van der Waals surface area contributed by atoms with Crippen LogP contribution in [-0.4, -0.2) is 32.4 Å². The van der Waals surface area contributed by atoms with Crippen molar-refractivity contribution in [3.8, 4) is 5.75 Å². The van der Waals surface area contributed by atoms with Gasteiger partial charge in [-0.1, -0.05) is 19.9 Å². The van der Waals surface area contributed by atoms with E-state index in [4.69, 9.17) is 14.2 Å². The lowest BCUT2D eigenvalue weighted by Gasteiger charge is -2.04. The Morgan fingerprint density at radius 1 is 1.38 bits per heavy atom. The van der Waals surface area contributed by atoms with Crippen LogP contribution in [0, 0.1) is 0 Å². The zero-order valence-corrected chi connectivity index (χ0v) is 13.3. The van der Waals surface area contributed by atoms with Crippen LogP contribution >= 0.6 is 0 Å². The molecule has 1 aromatic carbocycles. The van der Waals surface area contributed by atoms with Crippen molar-refractivity contribution in [1.29, 1.82) is 0 Å². The van der Waals surface area contributed by atoms with Crippen molar-refractivity contribution in [2.24, 2.45) is 0 Å². The first kappa shape index (κ1) is 17.5. The van der Waals surface area contributed by atoms with E-state index in [1.807, 2.05) is 6.92 Å². The maximum atomic E-state index is 11.4. The molecule has 0 aliphatic carbocycles. The molecule has 1 atom stereocenters. The quantitative estimate of drug-likeness (QED) is 0.774. The monoisotopic (exact) mass is 294 g/mol. The van der Waals surface area contributed by atoms with Crippen LogP contribution in [0.2, 0.25) is 0 Å². The minimum Gasteiger partial charge on any atom is -0.497 e. The van der Waals surface area contributed by atoms with E-state index >= 15 is 0 Å². The van der Waals surface area contributed by atoms with Crippen LogP contribution in [0.1, 0.15) is 49.9 Å². The summed E-state index contributed by atoms with van der Waals surface area (Å²) >= 11 is 0. The fourth-order valence-electron chi connectivity index (χ4n) is 1.99. The van der Waals surface area contributed by atoms with Crippen LogP contribution in [0.15, 0.2) is 24.3 Å². The molecule has 0 amide bonds. The largest absolute Gasteiger partial charge is 0.497 e. The van der Waals surface area contributed by atoms with E-state index < -0.39 is 0 Å². The van der Waals surface area contributed by atoms with Crippen molar-refractivity contribution < 1.29 is 19.0 Å². The summed E-state index contributed by atoms with van der Waals surface area (Å²) in [6.45, 7) is 5.59. The van der Waals surface area contributed by atoms with Crippen LogP contribution in [-0.2, 0) is 9.47 Å². The summed E-state index contributed by atoms with van der Waals surface area (Å²) in [5.41, 5.74) is 0.526. The van der Waals surface area contributed by atoms with E-state index in [0.29, 0.717) is 24.0 Å². The molecule has 4 heteroatoms. The first-order chi connectivity index (χ1) is 10.2. The molecule has 1 aromatic rings. The molecule has 1 fully saturated rings. The second kappa shape index (κ2) is 10.2. The lowest BCUT2D eigenvalue weighted by molar-refractivity contribution is 0.0504. The molecule has 0 aromatic heterocycles. The smallest absolute Gasteiger partial charge is 0.338 e.